The maximum atomic E-state index is 14.0. The second-order valence-electron chi connectivity index (χ2n) is 6.20. The molecule has 0 fully saturated rings. The molecular weight excluding hydrogens is 379 g/mol. The smallest absolute Gasteiger partial charge is 0.237 e. The molecule has 1 N–H and O–H groups in total. The van der Waals surface area contributed by atoms with Gasteiger partial charge in [0.15, 0.2) is 16.8 Å². The van der Waals surface area contributed by atoms with Gasteiger partial charge in [0.2, 0.25) is 5.91 Å². The van der Waals surface area contributed by atoms with Crippen molar-refractivity contribution in [1.82, 2.24) is 14.8 Å². The van der Waals surface area contributed by atoms with Gasteiger partial charge in [0.25, 0.3) is 0 Å². The number of Topliss-reactive ketones (excluding diaryl/α,β-unsaturated/α-hetero) is 1. The van der Waals surface area contributed by atoms with Crippen LogP contribution in [0.3, 0.4) is 0 Å². The molecule has 3 aromatic rings. The molecule has 2 aromatic carbocycles. The zero-order chi connectivity index (χ0) is 20.3. The average Bonchev–Trinajstić information content (AvgIpc) is 3.02. The van der Waals surface area contributed by atoms with Gasteiger partial charge in [-0.25, -0.2) is 4.39 Å². The van der Waals surface area contributed by atoms with Crippen LogP contribution in [0.1, 0.15) is 24.2 Å². The Bertz CT molecular complexity index is 1030. The number of rotatable bonds is 6. The van der Waals surface area contributed by atoms with Crippen LogP contribution < -0.4 is 5.32 Å². The monoisotopic (exact) mass is 398 g/mol. The maximum absolute atomic E-state index is 14.0. The van der Waals surface area contributed by atoms with E-state index in [1.165, 1.54) is 24.8 Å². The van der Waals surface area contributed by atoms with Crippen LogP contribution >= 0.6 is 11.8 Å². The molecule has 3 rings (SSSR count). The van der Waals surface area contributed by atoms with E-state index in [2.05, 4.69) is 15.5 Å². The highest BCUT2D eigenvalue weighted by molar-refractivity contribution is 8.00. The van der Waals surface area contributed by atoms with Crippen molar-refractivity contribution >= 4 is 29.1 Å². The molecule has 0 spiro atoms. The first-order valence-electron chi connectivity index (χ1n) is 8.60. The SMILES string of the molecule is CC(=O)c1ccccc1NC(=O)[C@@H](C)Sc1nnc(-c2ccccc2F)n1C. The summed E-state index contributed by atoms with van der Waals surface area (Å²) in [6.45, 7) is 3.18. The number of nitrogens with zero attached hydrogens (tertiary/aromatic N) is 3. The van der Waals surface area contributed by atoms with Crippen molar-refractivity contribution in [1.29, 1.82) is 0 Å². The molecule has 0 aliphatic heterocycles. The number of nitrogens with one attached hydrogen (secondary N) is 1. The fraction of sp³-hybridized carbons (Fsp3) is 0.200. The van der Waals surface area contributed by atoms with Gasteiger partial charge in [-0.1, -0.05) is 36.0 Å². The minimum Gasteiger partial charge on any atom is -0.324 e. The number of amides is 1. The molecule has 0 aliphatic carbocycles. The summed E-state index contributed by atoms with van der Waals surface area (Å²) in [5.74, 6) is -0.399. The summed E-state index contributed by atoms with van der Waals surface area (Å²) in [4.78, 5) is 24.3. The minimum absolute atomic E-state index is 0.126. The van der Waals surface area contributed by atoms with E-state index in [1.807, 2.05) is 0 Å². The quantitative estimate of drug-likeness (QED) is 0.503. The number of carbonyl (C=O) groups is 2. The molecule has 1 amide bonds. The van der Waals surface area contributed by atoms with Gasteiger partial charge in [0.1, 0.15) is 5.82 Å². The number of hydrogen-bond acceptors (Lipinski definition) is 5. The molecule has 0 saturated heterocycles. The van der Waals surface area contributed by atoms with E-state index in [9.17, 15) is 14.0 Å². The van der Waals surface area contributed by atoms with Crippen LogP contribution in [-0.2, 0) is 11.8 Å². The second kappa shape index (κ2) is 8.35. The highest BCUT2D eigenvalue weighted by Gasteiger charge is 2.21. The van der Waals surface area contributed by atoms with Crippen LogP contribution in [0.2, 0.25) is 0 Å². The molecule has 0 unspecified atom stereocenters. The van der Waals surface area contributed by atoms with E-state index < -0.39 is 5.25 Å². The summed E-state index contributed by atoms with van der Waals surface area (Å²) < 4.78 is 15.7. The number of anilines is 1. The molecule has 8 heteroatoms. The average molecular weight is 398 g/mol. The van der Waals surface area contributed by atoms with E-state index in [4.69, 9.17) is 0 Å². The lowest BCUT2D eigenvalue weighted by Crippen LogP contribution is -2.23. The summed E-state index contributed by atoms with van der Waals surface area (Å²) >= 11 is 1.20. The highest BCUT2D eigenvalue weighted by Crippen LogP contribution is 2.27. The van der Waals surface area contributed by atoms with Crippen molar-refractivity contribution in [2.75, 3.05) is 5.32 Å². The van der Waals surface area contributed by atoms with Gasteiger partial charge in [0, 0.05) is 12.6 Å². The summed E-state index contributed by atoms with van der Waals surface area (Å²) in [5.41, 5.74) is 1.27. The molecule has 0 radical (unpaired) electrons. The lowest BCUT2D eigenvalue weighted by atomic mass is 10.1. The number of benzene rings is 2. The summed E-state index contributed by atoms with van der Waals surface area (Å²) in [7, 11) is 1.72. The molecule has 1 aromatic heterocycles. The van der Waals surface area contributed by atoms with Gasteiger partial charge in [-0.3, -0.25) is 9.59 Å². The molecule has 1 heterocycles. The van der Waals surface area contributed by atoms with E-state index in [0.717, 1.165) is 0 Å². The molecule has 0 saturated carbocycles. The third-order valence-electron chi connectivity index (χ3n) is 4.17. The van der Waals surface area contributed by atoms with Crippen molar-refractivity contribution in [2.45, 2.75) is 24.3 Å². The number of aromatic nitrogens is 3. The zero-order valence-corrected chi connectivity index (χ0v) is 16.5. The lowest BCUT2D eigenvalue weighted by Gasteiger charge is -2.13. The van der Waals surface area contributed by atoms with Crippen LogP contribution in [0.15, 0.2) is 53.7 Å². The fourth-order valence-electron chi connectivity index (χ4n) is 2.64. The Balaban J connectivity index is 1.75. The molecular formula is C20H19FN4O2S. The number of para-hydroxylation sites is 1. The Morgan fingerprint density at radius 2 is 1.79 bits per heavy atom. The summed E-state index contributed by atoms with van der Waals surface area (Å²) in [6.07, 6.45) is 0. The molecule has 6 nitrogen and oxygen atoms in total. The van der Waals surface area contributed by atoms with E-state index in [1.54, 1.807) is 61.0 Å². The van der Waals surface area contributed by atoms with Crippen molar-refractivity contribution in [3.63, 3.8) is 0 Å². The van der Waals surface area contributed by atoms with Crippen molar-refractivity contribution < 1.29 is 14.0 Å². The molecule has 144 valence electrons. The first-order valence-corrected chi connectivity index (χ1v) is 9.48. The topological polar surface area (TPSA) is 76.9 Å². The molecule has 28 heavy (non-hydrogen) atoms. The predicted octanol–water partition coefficient (Wildman–Crippen LogP) is 3.94. The summed E-state index contributed by atoms with van der Waals surface area (Å²) in [6, 6.07) is 13.2. The lowest BCUT2D eigenvalue weighted by molar-refractivity contribution is -0.115. The Hall–Kier alpha value is -3.00. The van der Waals surface area contributed by atoms with Crippen LogP contribution in [0.4, 0.5) is 10.1 Å². The Morgan fingerprint density at radius 1 is 1.11 bits per heavy atom. The third kappa shape index (κ3) is 4.12. The Morgan fingerprint density at radius 3 is 2.50 bits per heavy atom. The van der Waals surface area contributed by atoms with E-state index in [0.29, 0.717) is 27.8 Å². The second-order valence-corrected chi connectivity index (χ2v) is 7.50. The first-order chi connectivity index (χ1) is 13.4. The third-order valence-corrected chi connectivity index (χ3v) is 5.30. The number of hydrogen-bond donors (Lipinski definition) is 1. The number of ketones is 1. The van der Waals surface area contributed by atoms with Gasteiger partial charge < -0.3 is 9.88 Å². The van der Waals surface area contributed by atoms with Gasteiger partial charge in [0.05, 0.1) is 16.5 Å². The predicted molar refractivity (Wildman–Crippen MR) is 107 cm³/mol. The summed E-state index contributed by atoms with van der Waals surface area (Å²) in [5, 5.41) is 10.9. The molecule has 0 aliphatic rings. The van der Waals surface area contributed by atoms with E-state index in [-0.39, 0.29) is 17.5 Å². The Labute approximate surface area is 166 Å². The molecule has 1 atom stereocenters. The van der Waals surface area contributed by atoms with Gasteiger partial charge in [-0.2, -0.15) is 0 Å². The largest absolute Gasteiger partial charge is 0.324 e. The minimum atomic E-state index is -0.503. The maximum Gasteiger partial charge on any atom is 0.237 e. The molecule has 0 bridgehead atoms. The van der Waals surface area contributed by atoms with Crippen LogP contribution in [-0.4, -0.2) is 31.7 Å². The normalized spacial score (nSPS) is 11.9. The van der Waals surface area contributed by atoms with Crippen LogP contribution in [0.5, 0.6) is 0 Å². The van der Waals surface area contributed by atoms with Crippen molar-refractivity contribution in [3.8, 4) is 11.4 Å². The van der Waals surface area contributed by atoms with Crippen molar-refractivity contribution in [3.05, 3.63) is 59.9 Å². The number of carbonyl (C=O) groups excluding carboxylic acids is 2. The highest BCUT2D eigenvalue weighted by atomic mass is 32.2. The van der Waals surface area contributed by atoms with Crippen molar-refractivity contribution in [2.24, 2.45) is 7.05 Å². The first kappa shape index (κ1) is 19.8. The standard InChI is InChI=1S/C20H19FN4O2S/c1-12(26)14-8-5-7-11-17(14)22-19(27)13(2)28-20-24-23-18(25(20)3)15-9-4-6-10-16(15)21/h4-11,13H,1-3H3,(H,22,27)/t13-/m1/s1. The number of thioether (sulfide) groups is 1. The van der Waals surface area contributed by atoms with E-state index >= 15 is 0 Å². The fourth-order valence-corrected chi connectivity index (χ4v) is 3.45. The number of halogens is 1. The zero-order valence-electron chi connectivity index (χ0n) is 15.6. The van der Waals surface area contributed by atoms with Crippen LogP contribution in [0.25, 0.3) is 11.4 Å². The van der Waals surface area contributed by atoms with Gasteiger partial charge >= 0.3 is 0 Å². The Kier molecular flexibility index (Phi) is 5.89. The van der Waals surface area contributed by atoms with Gasteiger partial charge in [-0.15, -0.1) is 10.2 Å². The van der Waals surface area contributed by atoms with Gasteiger partial charge in [-0.05, 0) is 38.1 Å². The van der Waals surface area contributed by atoms with Crippen LogP contribution in [0, 0.1) is 5.82 Å².